The van der Waals surface area contributed by atoms with Gasteiger partial charge in [0, 0.05) is 5.56 Å². The minimum atomic E-state index is -1.76. The van der Waals surface area contributed by atoms with Gasteiger partial charge in [0.15, 0.2) is 35.5 Å². The van der Waals surface area contributed by atoms with Crippen molar-refractivity contribution >= 4 is 29.0 Å². The normalized spacial score (nSPS) is 23.4. The summed E-state index contributed by atoms with van der Waals surface area (Å²) in [6.07, 6.45) is -3.66. The zero-order valence-electron chi connectivity index (χ0n) is 15.8. The van der Waals surface area contributed by atoms with Crippen molar-refractivity contribution < 1.29 is 28.6 Å². The summed E-state index contributed by atoms with van der Waals surface area (Å²) in [4.78, 5) is 35.7. The van der Waals surface area contributed by atoms with Crippen LogP contribution in [0.25, 0.3) is 11.2 Å². The van der Waals surface area contributed by atoms with Crippen molar-refractivity contribution in [3.63, 3.8) is 0 Å². The van der Waals surface area contributed by atoms with Crippen molar-refractivity contribution in [2.75, 3.05) is 5.32 Å². The van der Waals surface area contributed by atoms with Crippen LogP contribution in [-0.4, -0.2) is 55.1 Å². The lowest BCUT2D eigenvalue weighted by Gasteiger charge is -2.16. The number of amides is 1. The van der Waals surface area contributed by atoms with E-state index in [2.05, 4.69) is 25.0 Å². The molecule has 4 rings (SSSR count). The Morgan fingerprint density at radius 1 is 1.27 bits per heavy atom. The van der Waals surface area contributed by atoms with Crippen LogP contribution in [0, 0.1) is 0 Å². The molecule has 2 aromatic heterocycles. The number of rotatable bonds is 5. The third-order valence-electron chi connectivity index (χ3n) is 4.81. The monoisotopic (exact) mass is 415 g/mol. The van der Waals surface area contributed by atoms with Gasteiger partial charge in [0.1, 0.15) is 12.4 Å². The number of carbonyl (C=O) groups is 2. The number of ether oxygens (including phenoxy) is 2. The average Bonchev–Trinajstić information content (AvgIpc) is 3.30. The van der Waals surface area contributed by atoms with Crippen LogP contribution >= 0.6 is 0 Å². The van der Waals surface area contributed by atoms with Crippen LogP contribution in [0.5, 0.6) is 0 Å². The Morgan fingerprint density at radius 3 is 2.73 bits per heavy atom. The van der Waals surface area contributed by atoms with E-state index in [0.717, 1.165) is 0 Å². The second kappa shape index (κ2) is 8.03. The Hall–Kier alpha value is -3.60. The summed E-state index contributed by atoms with van der Waals surface area (Å²) in [6.45, 7) is 1.74. The number of alkyl halides is 1. The summed E-state index contributed by atoms with van der Waals surface area (Å²) in [5.74, 6) is -0.224. The maximum absolute atomic E-state index is 15.0. The van der Waals surface area contributed by atoms with Gasteiger partial charge in [0.05, 0.1) is 6.33 Å². The van der Waals surface area contributed by atoms with Crippen molar-refractivity contribution in [1.29, 1.82) is 0 Å². The van der Waals surface area contributed by atoms with Crippen LogP contribution in [0.1, 0.15) is 29.9 Å². The second-order valence-electron chi connectivity index (χ2n) is 6.63. The molecule has 11 heteroatoms. The number of imidazole rings is 1. The first-order valence-corrected chi connectivity index (χ1v) is 9.22. The van der Waals surface area contributed by atoms with Gasteiger partial charge >= 0.3 is 6.16 Å². The fourth-order valence-electron chi connectivity index (χ4n) is 3.40. The summed E-state index contributed by atoms with van der Waals surface area (Å²) in [5, 5.41) is 11.6. The van der Waals surface area contributed by atoms with Gasteiger partial charge in [-0.25, -0.2) is 24.1 Å². The molecule has 0 saturated carbocycles. The molecular formula is C19H18FN5O5. The fourth-order valence-corrected chi connectivity index (χ4v) is 3.40. The van der Waals surface area contributed by atoms with Crippen molar-refractivity contribution in [3.05, 3.63) is 48.5 Å². The minimum Gasteiger partial charge on any atom is -0.450 e. The quantitative estimate of drug-likeness (QED) is 0.609. The molecule has 0 bridgehead atoms. The van der Waals surface area contributed by atoms with E-state index < -0.39 is 30.8 Å². The van der Waals surface area contributed by atoms with Crippen LogP contribution < -0.4 is 5.32 Å². The van der Waals surface area contributed by atoms with Crippen molar-refractivity contribution in [2.45, 2.75) is 38.0 Å². The number of nitrogens with one attached hydrogen (secondary N) is 1. The van der Waals surface area contributed by atoms with Gasteiger partial charge in [0.25, 0.3) is 5.91 Å². The second-order valence-corrected chi connectivity index (χ2v) is 6.63. The van der Waals surface area contributed by atoms with E-state index in [4.69, 9.17) is 9.84 Å². The molecule has 1 saturated heterocycles. The van der Waals surface area contributed by atoms with Crippen LogP contribution in [0.4, 0.5) is 15.0 Å². The number of anilines is 1. The number of aromatic nitrogens is 4. The Morgan fingerprint density at radius 2 is 2.03 bits per heavy atom. The first-order valence-electron chi connectivity index (χ1n) is 9.22. The first-order chi connectivity index (χ1) is 14.5. The highest BCUT2D eigenvalue weighted by molar-refractivity contribution is 6.06. The molecule has 1 amide bonds. The third kappa shape index (κ3) is 3.54. The lowest BCUT2D eigenvalue weighted by molar-refractivity contribution is -0.0302. The molecule has 3 aromatic rings. The smallest absolute Gasteiger partial charge is 0.450 e. The molecule has 3 heterocycles. The van der Waals surface area contributed by atoms with E-state index in [-0.39, 0.29) is 22.9 Å². The van der Waals surface area contributed by atoms with Gasteiger partial charge in [-0.2, -0.15) is 0 Å². The van der Waals surface area contributed by atoms with Gasteiger partial charge in [-0.1, -0.05) is 25.1 Å². The molecule has 0 aliphatic carbocycles. The van der Waals surface area contributed by atoms with E-state index in [1.165, 1.54) is 17.2 Å². The molecule has 0 spiro atoms. The largest absolute Gasteiger partial charge is 0.506 e. The number of benzene rings is 1. The number of nitrogens with zero attached hydrogens (tertiary/aromatic N) is 4. The maximum atomic E-state index is 15.0. The molecule has 4 atom stereocenters. The van der Waals surface area contributed by atoms with Gasteiger partial charge in [-0.15, -0.1) is 0 Å². The Kier molecular flexibility index (Phi) is 5.27. The predicted molar refractivity (Wildman–Crippen MR) is 102 cm³/mol. The number of hydrogen-bond acceptors (Lipinski definition) is 7. The molecule has 0 unspecified atom stereocenters. The number of carboxylic acid groups (broad SMARTS) is 1. The molecule has 1 aliphatic heterocycles. The summed E-state index contributed by atoms with van der Waals surface area (Å²) >= 11 is 0. The van der Waals surface area contributed by atoms with E-state index >= 15 is 0 Å². The van der Waals surface area contributed by atoms with Crippen LogP contribution in [0.3, 0.4) is 0 Å². The van der Waals surface area contributed by atoms with E-state index in [0.29, 0.717) is 12.0 Å². The molecule has 156 valence electrons. The lowest BCUT2D eigenvalue weighted by Crippen LogP contribution is -2.33. The van der Waals surface area contributed by atoms with Crippen molar-refractivity contribution in [2.24, 2.45) is 0 Å². The van der Waals surface area contributed by atoms with Crippen LogP contribution in [-0.2, 0) is 9.47 Å². The molecule has 1 aromatic carbocycles. The zero-order chi connectivity index (χ0) is 21.3. The summed E-state index contributed by atoms with van der Waals surface area (Å²) < 4.78 is 26.7. The first kappa shape index (κ1) is 19.7. The number of hydrogen-bond donors (Lipinski definition) is 2. The van der Waals surface area contributed by atoms with Gasteiger partial charge in [-0.3, -0.25) is 9.36 Å². The van der Waals surface area contributed by atoms with Crippen molar-refractivity contribution in [3.8, 4) is 0 Å². The summed E-state index contributed by atoms with van der Waals surface area (Å²) in [7, 11) is 0. The van der Waals surface area contributed by atoms with Gasteiger partial charge in [-0.05, 0) is 18.6 Å². The molecule has 1 fully saturated rings. The van der Waals surface area contributed by atoms with Gasteiger partial charge < -0.3 is 19.9 Å². The van der Waals surface area contributed by atoms with Crippen molar-refractivity contribution in [1.82, 2.24) is 19.5 Å². The fraction of sp³-hybridized carbons (Fsp3) is 0.316. The minimum absolute atomic E-state index is 0.159. The number of carbonyl (C=O) groups excluding carboxylic acids is 1. The lowest BCUT2D eigenvalue weighted by atomic mass is 10.1. The Balaban J connectivity index is 1.63. The maximum Gasteiger partial charge on any atom is 0.506 e. The number of fused-ring (bicyclic) bond motifs is 1. The molecule has 1 aliphatic rings. The third-order valence-corrected chi connectivity index (χ3v) is 4.81. The average molecular weight is 415 g/mol. The Labute approximate surface area is 169 Å². The standard InChI is InChI=1S/C19H18FN5O5/c1-2-11-14(30-19(27)28)12(20)18(29-11)25-9-23-13-15(21-8-22-16(13)25)24-17(26)10-6-4-3-5-7-10/h3-9,11-12,14,18H,2H2,1H3,(H,27,28)(H,21,22,24,26)/t11-,12+,14+,18-/m1/s1. The van der Waals surface area contributed by atoms with E-state index in [9.17, 15) is 14.0 Å². The van der Waals surface area contributed by atoms with E-state index in [1.54, 1.807) is 37.3 Å². The van der Waals surface area contributed by atoms with E-state index in [1.807, 2.05) is 0 Å². The predicted octanol–water partition coefficient (Wildman–Crippen LogP) is 2.79. The molecule has 10 nitrogen and oxygen atoms in total. The highest BCUT2D eigenvalue weighted by atomic mass is 19.1. The van der Waals surface area contributed by atoms with Crippen LogP contribution in [0.2, 0.25) is 0 Å². The molecule has 30 heavy (non-hydrogen) atoms. The molecular weight excluding hydrogens is 397 g/mol. The summed E-state index contributed by atoms with van der Waals surface area (Å²) in [5.41, 5.74) is 0.908. The molecule has 2 N–H and O–H groups in total. The summed E-state index contributed by atoms with van der Waals surface area (Å²) in [6, 6.07) is 8.57. The molecule has 0 radical (unpaired) electrons. The highest BCUT2D eigenvalue weighted by Gasteiger charge is 2.48. The number of halogens is 1. The topological polar surface area (TPSA) is 128 Å². The highest BCUT2D eigenvalue weighted by Crippen LogP contribution is 2.37. The van der Waals surface area contributed by atoms with Crippen LogP contribution in [0.15, 0.2) is 43.0 Å². The SMILES string of the molecule is CC[C@H]1O[C@@H](n2cnc3c(NC(=O)c4ccccc4)ncnc32)[C@@H](F)[C@H]1OC(=O)O. The zero-order valence-corrected chi connectivity index (χ0v) is 15.8. The van der Waals surface area contributed by atoms with Gasteiger partial charge in [0.2, 0.25) is 0 Å². The Bertz CT molecular complexity index is 1080.